The molecule has 0 heterocycles. The van der Waals surface area contributed by atoms with Crippen LogP contribution in [0.15, 0.2) is 249 Å². The molecule has 11 aromatic rings. The molecule has 0 saturated heterocycles. The van der Waals surface area contributed by atoms with E-state index in [-0.39, 0.29) is 0 Å². The lowest BCUT2D eigenvalue weighted by molar-refractivity contribution is 0.768. The molecule has 0 fully saturated rings. The molecule has 0 spiro atoms. The predicted molar refractivity (Wildman–Crippen MR) is 262 cm³/mol. The fourth-order valence-corrected chi connectivity index (χ4v) is 10.3. The smallest absolute Gasteiger partial charge is 0.0714 e. The van der Waals surface area contributed by atoms with Gasteiger partial charge in [-0.1, -0.05) is 200 Å². The molecule has 12 rings (SSSR count). The van der Waals surface area contributed by atoms with Crippen molar-refractivity contribution in [3.05, 3.63) is 271 Å². The van der Waals surface area contributed by atoms with Gasteiger partial charge >= 0.3 is 0 Å². The van der Waals surface area contributed by atoms with Gasteiger partial charge in [0.25, 0.3) is 0 Å². The molecule has 0 atom stereocenters. The van der Waals surface area contributed by atoms with Crippen molar-refractivity contribution in [2.24, 2.45) is 0 Å². The molecule has 11 aromatic carbocycles. The average Bonchev–Trinajstić information content (AvgIpc) is 3.65. The molecule has 0 N–H and O–H groups in total. The average molecular weight is 788 g/mol. The zero-order valence-electron chi connectivity index (χ0n) is 34.1. The Labute approximate surface area is 362 Å². The Kier molecular flexibility index (Phi) is 8.47. The van der Waals surface area contributed by atoms with Crippen LogP contribution < -0.4 is 4.90 Å². The highest BCUT2D eigenvalue weighted by Gasteiger charge is 2.46. The van der Waals surface area contributed by atoms with E-state index in [9.17, 15) is 0 Å². The summed E-state index contributed by atoms with van der Waals surface area (Å²) >= 11 is 0. The van der Waals surface area contributed by atoms with E-state index in [2.05, 4.69) is 254 Å². The first-order valence-corrected chi connectivity index (χ1v) is 21.5. The zero-order chi connectivity index (χ0) is 41.0. The van der Waals surface area contributed by atoms with Gasteiger partial charge in [-0.25, -0.2) is 0 Å². The molecule has 0 radical (unpaired) electrons. The van der Waals surface area contributed by atoms with Crippen LogP contribution in [0.4, 0.5) is 17.1 Å². The molecule has 1 nitrogen and oxygen atoms in total. The Balaban J connectivity index is 1.08. The van der Waals surface area contributed by atoms with Crippen LogP contribution in [0, 0.1) is 0 Å². The van der Waals surface area contributed by atoms with Crippen LogP contribution in [-0.4, -0.2) is 0 Å². The predicted octanol–water partition coefficient (Wildman–Crippen LogP) is 16.3. The third kappa shape index (κ3) is 5.70. The van der Waals surface area contributed by atoms with Crippen molar-refractivity contribution in [2.75, 3.05) is 4.90 Å². The summed E-state index contributed by atoms with van der Waals surface area (Å²) in [6, 6.07) is 91.7. The van der Waals surface area contributed by atoms with Gasteiger partial charge in [-0.3, -0.25) is 0 Å². The van der Waals surface area contributed by atoms with Gasteiger partial charge in [-0.2, -0.15) is 0 Å². The molecule has 0 bridgehead atoms. The second-order valence-electron chi connectivity index (χ2n) is 16.4. The Morgan fingerprint density at radius 1 is 0.258 bits per heavy atom. The highest BCUT2D eigenvalue weighted by Crippen LogP contribution is 2.57. The summed E-state index contributed by atoms with van der Waals surface area (Å²) in [7, 11) is 0. The maximum absolute atomic E-state index is 2.46. The fourth-order valence-electron chi connectivity index (χ4n) is 10.3. The van der Waals surface area contributed by atoms with Gasteiger partial charge in [-0.05, 0) is 136 Å². The quantitative estimate of drug-likeness (QED) is 0.145. The Morgan fingerprint density at radius 2 is 0.839 bits per heavy atom. The second kappa shape index (κ2) is 14.6. The number of hydrogen-bond donors (Lipinski definition) is 0. The minimum Gasteiger partial charge on any atom is -0.310 e. The molecule has 0 aromatic heterocycles. The van der Waals surface area contributed by atoms with Gasteiger partial charge in [0.05, 0.1) is 5.41 Å². The molecule has 1 aliphatic rings. The summed E-state index contributed by atoms with van der Waals surface area (Å²) in [6.07, 6.45) is 0. The SMILES string of the molecule is c1ccc(C2(c3ccccc3)c3ccccc3-c3ccc(N(c4ccc(-c5ccc6ccccc6c5)cc4)c4cccc(-c5cc6ccccc6c6ccccc56)c4)cc32)cc1. The van der Waals surface area contributed by atoms with Crippen LogP contribution >= 0.6 is 0 Å². The van der Waals surface area contributed by atoms with Crippen LogP contribution in [-0.2, 0) is 5.41 Å². The van der Waals surface area contributed by atoms with Gasteiger partial charge in [-0.15, -0.1) is 0 Å². The van der Waals surface area contributed by atoms with Crippen molar-refractivity contribution in [2.45, 2.75) is 5.41 Å². The monoisotopic (exact) mass is 787 g/mol. The van der Waals surface area contributed by atoms with Crippen molar-refractivity contribution in [1.29, 1.82) is 0 Å². The van der Waals surface area contributed by atoms with E-state index in [0.717, 1.165) is 17.1 Å². The first-order chi connectivity index (χ1) is 30.7. The highest BCUT2D eigenvalue weighted by atomic mass is 15.1. The van der Waals surface area contributed by atoms with Gasteiger partial charge < -0.3 is 4.90 Å². The van der Waals surface area contributed by atoms with Gasteiger partial charge in [0, 0.05) is 17.1 Å². The van der Waals surface area contributed by atoms with Crippen molar-refractivity contribution in [3.8, 4) is 33.4 Å². The van der Waals surface area contributed by atoms with Gasteiger partial charge in [0.1, 0.15) is 0 Å². The third-order valence-electron chi connectivity index (χ3n) is 13.1. The Hall–Kier alpha value is -8.00. The second-order valence-corrected chi connectivity index (χ2v) is 16.4. The van der Waals surface area contributed by atoms with E-state index in [4.69, 9.17) is 0 Å². The first-order valence-electron chi connectivity index (χ1n) is 21.5. The largest absolute Gasteiger partial charge is 0.310 e. The van der Waals surface area contributed by atoms with Crippen molar-refractivity contribution >= 4 is 49.4 Å². The van der Waals surface area contributed by atoms with Crippen molar-refractivity contribution in [3.63, 3.8) is 0 Å². The molecule has 0 unspecified atom stereocenters. The summed E-state index contributed by atoms with van der Waals surface area (Å²) < 4.78 is 0. The maximum Gasteiger partial charge on any atom is 0.0714 e. The first kappa shape index (κ1) is 35.9. The summed E-state index contributed by atoms with van der Waals surface area (Å²) in [5.41, 5.74) is 15.2. The van der Waals surface area contributed by atoms with E-state index in [1.807, 2.05) is 0 Å². The summed E-state index contributed by atoms with van der Waals surface area (Å²) in [4.78, 5) is 2.45. The molecule has 1 heteroatoms. The Morgan fingerprint density at radius 3 is 1.61 bits per heavy atom. The normalized spacial score (nSPS) is 12.6. The van der Waals surface area contributed by atoms with E-state index in [1.54, 1.807) is 0 Å². The van der Waals surface area contributed by atoms with Crippen LogP contribution in [0.3, 0.4) is 0 Å². The molecule has 0 amide bonds. The maximum atomic E-state index is 2.46. The minimum absolute atomic E-state index is 0.512. The fraction of sp³-hybridized carbons (Fsp3) is 0.0164. The van der Waals surface area contributed by atoms with Gasteiger partial charge in [0.2, 0.25) is 0 Å². The highest BCUT2D eigenvalue weighted by molar-refractivity contribution is 6.14. The lowest BCUT2D eigenvalue weighted by Crippen LogP contribution is -2.28. The molecule has 62 heavy (non-hydrogen) atoms. The number of anilines is 3. The number of benzene rings is 11. The topological polar surface area (TPSA) is 3.24 Å². The standard InChI is InChI=1S/C61H41N/c1-3-20-48(21-4-1)61(49-22-5-2-6-23-49)59-29-14-13-28-56(59)57-37-36-52(41-60(57)61)62(50-34-32-43(33-35-50)45-31-30-42-16-7-8-17-44(42)38-45)51-24-15-19-46(39-51)58-40-47-18-9-10-25-53(47)54-26-11-12-27-55(54)58/h1-41H. The molecule has 0 saturated carbocycles. The van der Waals surface area contributed by atoms with E-state index >= 15 is 0 Å². The van der Waals surface area contributed by atoms with Crippen molar-refractivity contribution < 1.29 is 0 Å². The van der Waals surface area contributed by atoms with Crippen molar-refractivity contribution in [1.82, 2.24) is 0 Å². The van der Waals surface area contributed by atoms with E-state index in [1.165, 1.54) is 88.0 Å². The molecule has 0 aliphatic heterocycles. The number of fused-ring (bicyclic) bond motifs is 7. The van der Waals surface area contributed by atoms with Crippen LogP contribution in [0.1, 0.15) is 22.3 Å². The van der Waals surface area contributed by atoms with Crippen LogP contribution in [0.25, 0.3) is 65.7 Å². The summed E-state index contributed by atoms with van der Waals surface area (Å²) in [5, 5.41) is 7.52. The lowest BCUT2D eigenvalue weighted by Gasteiger charge is -2.35. The van der Waals surface area contributed by atoms with Gasteiger partial charge in [0.15, 0.2) is 0 Å². The minimum atomic E-state index is -0.512. The summed E-state index contributed by atoms with van der Waals surface area (Å²) in [5.74, 6) is 0. The summed E-state index contributed by atoms with van der Waals surface area (Å²) in [6.45, 7) is 0. The lowest BCUT2D eigenvalue weighted by atomic mass is 9.67. The van der Waals surface area contributed by atoms with E-state index in [0.29, 0.717) is 0 Å². The number of nitrogens with zero attached hydrogens (tertiary/aromatic N) is 1. The molecular formula is C61H41N. The molecule has 1 aliphatic carbocycles. The molecule has 290 valence electrons. The zero-order valence-corrected chi connectivity index (χ0v) is 34.1. The third-order valence-corrected chi connectivity index (χ3v) is 13.1. The molecular weight excluding hydrogens is 747 g/mol. The Bertz CT molecular complexity index is 3420. The van der Waals surface area contributed by atoms with Crippen LogP contribution in [0.5, 0.6) is 0 Å². The van der Waals surface area contributed by atoms with E-state index < -0.39 is 5.41 Å². The number of rotatable bonds is 7. The van der Waals surface area contributed by atoms with Crippen LogP contribution in [0.2, 0.25) is 0 Å². The number of hydrogen-bond acceptors (Lipinski definition) is 1.